The summed E-state index contributed by atoms with van der Waals surface area (Å²) in [6.45, 7) is -5.43. The van der Waals surface area contributed by atoms with Gasteiger partial charge in [0.1, 0.15) is 0 Å². The number of hydrogen-bond acceptors (Lipinski definition) is 1. The Labute approximate surface area is 68.9 Å². The van der Waals surface area contributed by atoms with E-state index in [-0.39, 0.29) is 0 Å². The van der Waals surface area contributed by atoms with Crippen LogP contribution < -0.4 is 0 Å². The van der Waals surface area contributed by atoms with Crippen molar-refractivity contribution in [1.82, 2.24) is 0 Å². The van der Waals surface area contributed by atoms with Gasteiger partial charge >= 0.3 is 0 Å². The first-order chi connectivity index (χ1) is 7.13. The second-order valence-corrected chi connectivity index (χ2v) is 2.06. The van der Waals surface area contributed by atoms with Crippen molar-refractivity contribution < 1.29 is 15.6 Å². The topological polar surface area (TPSA) is 23.1 Å². The molecule has 0 heterocycles. The molecule has 2 nitrogen and oxygen atoms in total. The summed E-state index contributed by atoms with van der Waals surface area (Å²) in [4.78, 5) is 0. The molecule has 0 amide bonds. The van der Waals surface area contributed by atoms with Gasteiger partial charge in [-0.3, -0.25) is 0 Å². The van der Waals surface area contributed by atoms with E-state index in [1.807, 2.05) is 0 Å². The highest BCUT2D eigenvalue weighted by molar-refractivity contribution is 4.36. The normalized spacial score (nSPS) is 33.2. The summed E-state index contributed by atoms with van der Waals surface area (Å²) < 4.78 is 56.5. The Balaban J connectivity index is 4.95. The van der Waals surface area contributed by atoms with E-state index in [4.69, 9.17) is 11.0 Å². The molecule has 1 atom stereocenters. The molecular formula is C7H17NO. The molecule has 0 aliphatic rings. The molecule has 0 spiro atoms. The molecule has 0 saturated carbocycles. The molecule has 2 heteroatoms. The van der Waals surface area contributed by atoms with E-state index in [1.165, 1.54) is 0 Å². The summed E-state index contributed by atoms with van der Waals surface area (Å²) >= 11 is 0. The summed E-state index contributed by atoms with van der Waals surface area (Å²) in [5, 5.41) is 11.5. The van der Waals surface area contributed by atoms with Crippen molar-refractivity contribution in [1.29, 1.82) is 0 Å². The van der Waals surface area contributed by atoms with Crippen LogP contribution in [0, 0.1) is 5.21 Å². The van der Waals surface area contributed by atoms with Crippen LogP contribution in [0.15, 0.2) is 0 Å². The number of rotatable bonds is 4. The molecule has 56 valence electrons. The zero-order valence-electron chi connectivity index (χ0n) is 13.6. The van der Waals surface area contributed by atoms with Crippen LogP contribution in [-0.4, -0.2) is 25.2 Å². The summed E-state index contributed by atoms with van der Waals surface area (Å²) in [5.74, 6) is 0. The van der Waals surface area contributed by atoms with Gasteiger partial charge in [0.15, 0.2) is 0 Å². The van der Waals surface area contributed by atoms with Gasteiger partial charge in [-0.05, 0) is 12.8 Å². The molecular weight excluding hydrogens is 114 g/mol. The summed E-state index contributed by atoms with van der Waals surface area (Å²) in [5.41, 5.74) is 0. The van der Waals surface area contributed by atoms with Crippen LogP contribution in [0.1, 0.15) is 37.0 Å². The molecule has 0 N–H and O–H groups in total. The number of hydrogen-bond donors (Lipinski definition) is 0. The van der Waals surface area contributed by atoms with Crippen molar-refractivity contribution in [3.05, 3.63) is 5.21 Å². The Kier molecular flexibility index (Phi) is 0.945. The fraction of sp³-hybridized carbons (Fsp3) is 1.00. The molecule has 1 unspecified atom stereocenters. The molecule has 0 aliphatic heterocycles. The Morgan fingerprint density at radius 3 is 2.78 bits per heavy atom. The summed E-state index contributed by atoms with van der Waals surface area (Å²) in [7, 11) is 2.05. The minimum Gasteiger partial charge on any atom is -0.633 e. The lowest BCUT2D eigenvalue weighted by molar-refractivity contribution is -0.840. The van der Waals surface area contributed by atoms with E-state index in [2.05, 4.69) is 0 Å². The van der Waals surface area contributed by atoms with Crippen molar-refractivity contribution in [3.8, 4) is 0 Å². The SMILES string of the molecule is [2H]C(CC([2H])([2H])[N+](C)(C)[O-])C([2H])([2H])C([2H])([2H])[2H]. The van der Waals surface area contributed by atoms with E-state index in [0.29, 0.717) is 0 Å². The van der Waals surface area contributed by atoms with Crippen molar-refractivity contribution in [2.45, 2.75) is 26.0 Å². The van der Waals surface area contributed by atoms with Gasteiger partial charge in [0.05, 0.1) is 23.3 Å². The standard InChI is InChI=1S/C7H17NO/c1-4-5-6-7-8(2,3)9/h4-7H2,1-3H3/i1D3,4D2,5D,7D2. The fourth-order valence-electron chi connectivity index (χ4n) is 0.317. The van der Waals surface area contributed by atoms with Crippen LogP contribution in [0.3, 0.4) is 0 Å². The Hall–Kier alpha value is -0.0800. The third kappa shape index (κ3) is 7.92. The largest absolute Gasteiger partial charge is 0.633 e. The zero-order chi connectivity index (χ0) is 14.3. The Bertz CT molecular complexity index is 268. The van der Waals surface area contributed by atoms with Gasteiger partial charge in [-0.25, -0.2) is 0 Å². The molecule has 0 saturated heterocycles. The van der Waals surface area contributed by atoms with Gasteiger partial charge in [-0.1, -0.05) is 13.2 Å². The van der Waals surface area contributed by atoms with E-state index >= 15 is 0 Å². The van der Waals surface area contributed by atoms with Crippen LogP contribution >= 0.6 is 0 Å². The number of quaternary nitrogens is 1. The third-order valence-corrected chi connectivity index (χ3v) is 0.676. The van der Waals surface area contributed by atoms with Gasteiger partial charge < -0.3 is 9.85 Å². The minimum absolute atomic E-state index is 0.783. The van der Waals surface area contributed by atoms with E-state index in [0.717, 1.165) is 14.1 Å². The first kappa shape index (κ1) is 2.21. The molecule has 0 fully saturated rings. The lowest BCUT2D eigenvalue weighted by Crippen LogP contribution is -2.32. The van der Waals surface area contributed by atoms with Gasteiger partial charge in [0.2, 0.25) is 0 Å². The van der Waals surface area contributed by atoms with Crippen molar-refractivity contribution in [2.75, 3.05) is 20.6 Å². The number of nitrogens with zero attached hydrogens (tertiary/aromatic N) is 1. The van der Waals surface area contributed by atoms with Crippen LogP contribution in [0.5, 0.6) is 0 Å². The molecule has 0 aliphatic carbocycles. The quantitative estimate of drug-likeness (QED) is 0.430. The van der Waals surface area contributed by atoms with Gasteiger partial charge in [0, 0.05) is 8.22 Å². The van der Waals surface area contributed by atoms with Crippen molar-refractivity contribution in [2.24, 2.45) is 0 Å². The molecule has 0 aromatic heterocycles. The second kappa shape index (κ2) is 3.85. The van der Waals surface area contributed by atoms with Gasteiger partial charge in [-0.15, -0.1) is 0 Å². The maximum absolute atomic E-state index is 11.5. The predicted molar refractivity (Wildman–Crippen MR) is 39.9 cm³/mol. The fourth-order valence-corrected chi connectivity index (χ4v) is 0.317. The number of hydroxylamine groups is 3. The lowest BCUT2D eigenvalue weighted by Gasteiger charge is -2.33. The molecule has 9 heavy (non-hydrogen) atoms. The first-order valence-corrected chi connectivity index (χ1v) is 2.60. The Morgan fingerprint density at radius 1 is 1.67 bits per heavy atom. The lowest BCUT2D eigenvalue weighted by atomic mass is 10.2. The highest BCUT2D eigenvalue weighted by atomic mass is 16.5. The van der Waals surface area contributed by atoms with Crippen LogP contribution in [0.4, 0.5) is 0 Å². The van der Waals surface area contributed by atoms with Crippen molar-refractivity contribution >= 4 is 0 Å². The molecule has 0 bridgehead atoms. The van der Waals surface area contributed by atoms with E-state index in [1.54, 1.807) is 0 Å². The average molecular weight is 139 g/mol. The monoisotopic (exact) mass is 139 g/mol. The highest BCUT2D eigenvalue weighted by Gasteiger charge is 1.98. The molecule has 0 radical (unpaired) electrons. The highest BCUT2D eigenvalue weighted by Crippen LogP contribution is 1.99. The van der Waals surface area contributed by atoms with Gasteiger partial charge in [0.25, 0.3) is 0 Å². The zero-order valence-corrected chi connectivity index (χ0v) is 5.64. The maximum atomic E-state index is 11.5. The molecule has 0 aromatic carbocycles. The van der Waals surface area contributed by atoms with Crippen LogP contribution in [0.2, 0.25) is 0 Å². The second-order valence-electron chi connectivity index (χ2n) is 2.06. The third-order valence-electron chi connectivity index (χ3n) is 0.676. The van der Waals surface area contributed by atoms with Crippen LogP contribution in [-0.2, 0) is 0 Å². The van der Waals surface area contributed by atoms with Gasteiger partial charge in [-0.2, -0.15) is 0 Å². The summed E-state index contributed by atoms with van der Waals surface area (Å²) in [6, 6.07) is 0. The van der Waals surface area contributed by atoms with Crippen LogP contribution in [0.25, 0.3) is 0 Å². The van der Waals surface area contributed by atoms with E-state index < -0.39 is 37.2 Å². The Morgan fingerprint density at radius 2 is 2.33 bits per heavy atom. The maximum Gasteiger partial charge on any atom is 0.0927 e. The smallest absolute Gasteiger partial charge is 0.0927 e. The molecule has 0 aromatic rings. The van der Waals surface area contributed by atoms with E-state index in [9.17, 15) is 5.21 Å². The molecule has 0 rings (SSSR count). The summed E-state index contributed by atoms with van der Waals surface area (Å²) in [6.07, 6.45) is -5.47. The average Bonchev–Trinajstić information content (AvgIpc) is 1.98. The van der Waals surface area contributed by atoms with Crippen molar-refractivity contribution in [3.63, 3.8) is 0 Å². The predicted octanol–water partition coefficient (Wildman–Crippen LogP) is 1.75. The minimum atomic E-state index is -3.02. The first-order valence-electron chi connectivity index (χ1n) is 6.68.